The zero-order valence-corrected chi connectivity index (χ0v) is 12.7. The maximum Gasteiger partial charge on any atom is 0.152 e. The van der Waals surface area contributed by atoms with Crippen molar-refractivity contribution in [2.75, 3.05) is 0 Å². The van der Waals surface area contributed by atoms with Gasteiger partial charge in [-0.25, -0.2) is 0 Å². The number of hydrogen-bond acceptors (Lipinski definition) is 2. The van der Waals surface area contributed by atoms with E-state index < -0.39 is 0 Å². The molecule has 108 valence electrons. The van der Waals surface area contributed by atoms with Gasteiger partial charge in [0.1, 0.15) is 5.76 Å². The maximum atomic E-state index is 6.25. The summed E-state index contributed by atoms with van der Waals surface area (Å²) in [6, 6.07) is 16.2. The molecular weight excluding hydrogens is 282 g/mol. The highest BCUT2D eigenvalue weighted by atomic mass is 35.5. The third kappa shape index (κ3) is 3.12. The second-order valence-corrected chi connectivity index (χ2v) is 5.84. The molecule has 1 atom stereocenters. The largest absolute Gasteiger partial charge is 0.458 e. The molecule has 0 amide bonds. The summed E-state index contributed by atoms with van der Waals surface area (Å²) in [7, 11) is 0. The zero-order valence-electron chi connectivity index (χ0n) is 12.0. The lowest BCUT2D eigenvalue weighted by molar-refractivity contribution is 0.478. The molecule has 0 saturated carbocycles. The van der Waals surface area contributed by atoms with Crippen LogP contribution in [-0.2, 0) is 6.42 Å². The van der Waals surface area contributed by atoms with Crippen LogP contribution in [0.25, 0.3) is 11.0 Å². The Morgan fingerprint density at radius 1 is 1.14 bits per heavy atom. The van der Waals surface area contributed by atoms with Crippen molar-refractivity contribution in [1.29, 1.82) is 0 Å². The van der Waals surface area contributed by atoms with Crippen molar-refractivity contribution >= 4 is 22.6 Å². The molecule has 3 heteroatoms. The van der Waals surface area contributed by atoms with Crippen LogP contribution in [-0.4, -0.2) is 0 Å². The quantitative estimate of drug-likeness (QED) is 0.734. The van der Waals surface area contributed by atoms with Crippen molar-refractivity contribution in [1.82, 2.24) is 0 Å². The van der Waals surface area contributed by atoms with Crippen LogP contribution in [0, 0.1) is 6.92 Å². The molecule has 0 aliphatic heterocycles. The van der Waals surface area contributed by atoms with Crippen LogP contribution in [0.5, 0.6) is 0 Å². The highest BCUT2D eigenvalue weighted by molar-refractivity contribution is 6.34. The topological polar surface area (TPSA) is 39.2 Å². The third-order valence-corrected chi connectivity index (χ3v) is 4.04. The summed E-state index contributed by atoms with van der Waals surface area (Å²) in [4.78, 5) is 0. The van der Waals surface area contributed by atoms with E-state index in [4.69, 9.17) is 21.8 Å². The van der Waals surface area contributed by atoms with E-state index in [1.54, 1.807) is 0 Å². The van der Waals surface area contributed by atoms with E-state index >= 15 is 0 Å². The van der Waals surface area contributed by atoms with Gasteiger partial charge in [-0.2, -0.15) is 0 Å². The summed E-state index contributed by atoms with van der Waals surface area (Å²) >= 11 is 6.13. The van der Waals surface area contributed by atoms with Gasteiger partial charge in [-0.3, -0.25) is 0 Å². The van der Waals surface area contributed by atoms with Gasteiger partial charge < -0.3 is 10.2 Å². The molecule has 2 N–H and O–H groups in total. The van der Waals surface area contributed by atoms with Gasteiger partial charge in [-0.05, 0) is 37.5 Å². The third-order valence-electron chi connectivity index (χ3n) is 3.75. The minimum atomic E-state index is -0.116. The minimum absolute atomic E-state index is 0.116. The van der Waals surface area contributed by atoms with Crippen molar-refractivity contribution in [3.05, 3.63) is 70.4 Å². The van der Waals surface area contributed by atoms with E-state index in [9.17, 15) is 0 Å². The second kappa shape index (κ2) is 5.92. The molecule has 2 aromatic carbocycles. The molecule has 1 unspecified atom stereocenters. The standard InChI is InChI=1S/C18H18ClNO/c1-12-5-7-13(8-6-12)9-10-16(20)17-11-14-3-2-4-15(19)18(14)21-17/h2-8,11,16H,9-10,20H2,1H3. The van der Waals surface area contributed by atoms with Crippen LogP contribution < -0.4 is 5.73 Å². The molecule has 0 aliphatic carbocycles. The Hall–Kier alpha value is -1.77. The SMILES string of the molecule is Cc1ccc(CCC(N)c2cc3cccc(Cl)c3o2)cc1. The van der Waals surface area contributed by atoms with Crippen molar-refractivity contribution in [3.63, 3.8) is 0 Å². The van der Waals surface area contributed by atoms with Gasteiger partial charge in [0.2, 0.25) is 0 Å². The lowest BCUT2D eigenvalue weighted by Crippen LogP contribution is -2.10. The van der Waals surface area contributed by atoms with Crippen LogP contribution in [0.15, 0.2) is 52.9 Å². The summed E-state index contributed by atoms with van der Waals surface area (Å²) in [6.45, 7) is 2.09. The van der Waals surface area contributed by atoms with Gasteiger partial charge in [0.15, 0.2) is 5.58 Å². The Balaban J connectivity index is 1.73. The van der Waals surface area contributed by atoms with Gasteiger partial charge in [0.05, 0.1) is 11.1 Å². The number of fused-ring (bicyclic) bond motifs is 1. The first kappa shape index (κ1) is 14.2. The Morgan fingerprint density at radius 3 is 2.62 bits per heavy atom. The molecule has 0 fully saturated rings. The predicted octanol–water partition coefficient (Wildman–Crippen LogP) is 5.03. The van der Waals surface area contributed by atoms with Crippen LogP contribution in [0.4, 0.5) is 0 Å². The minimum Gasteiger partial charge on any atom is -0.458 e. The molecule has 3 aromatic rings. The summed E-state index contributed by atoms with van der Waals surface area (Å²) in [6.07, 6.45) is 1.78. The van der Waals surface area contributed by atoms with Crippen molar-refractivity contribution < 1.29 is 4.42 Å². The Kier molecular flexibility index (Phi) is 4.00. The number of aryl methyl sites for hydroxylation is 2. The summed E-state index contributed by atoms with van der Waals surface area (Å²) in [5.41, 5.74) is 9.54. The lowest BCUT2D eigenvalue weighted by Gasteiger charge is -2.08. The first-order valence-electron chi connectivity index (χ1n) is 7.12. The first-order valence-corrected chi connectivity index (χ1v) is 7.50. The highest BCUT2D eigenvalue weighted by Crippen LogP contribution is 2.30. The van der Waals surface area contributed by atoms with Gasteiger partial charge in [0.25, 0.3) is 0 Å². The van der Waals surface area contributed by atoms with Crippen LogP contribution in [0.2, 0.25) is 5.02 Å². The molecule has 1 heterocycles. The molecule has 1 aromatic heterocycles. The van der Waals surface area contributed by atoms with Crippen LogP contribution in [0.1, 0.15) is 29.3 Å². The van der Waals surface area contributed by atoms with E-state index in [0.29, 0.717) is 5.02 Å². The van der Waals surface area contributed by atoms with Gasteiger partial charge >= 0.3 is 0 Å². The van der Waals surface area contributed by atoms with Gasteiger partial charge in [0, 0.05) is 5.39 Å². The average Bonchev–Trinajstić information content (AvgIpc) is 2.92. The van der Waals surface area contributed by atoms with Crippen molar-refractivity contribution in [3.8, 4) is 0 Å². The highest BCUT2D eigenvalue weighted by Gasteiger charge is 2.13. The van der Waals surface area contributed by atoms with E-state index in [1.807, 2.05) is 24.3 Å². The smallest absolute Gasteiger partial charge is 0.152 e. The molecule has 0 saturated heterocycles. The van der Waals surface area contributed by atoms with E-state index in [0.717, 1.165) is 29.6 Å². The summed E-state index contributed by atoms with van der Waals surface area (Å²) in [5, 5.41) is 1.63. The van der Waals surface area contributed by atoms with Crippen LogP contribution in [0.3, 0.4) is 0 Å². The predicted molar refractivity (Wildman–Crippen MR) is 87.7 cm³/mol. The number of nitrogens with two attached hydrogens (primary N) is 1. The number of benzene rings is 2. The van der Waals surface area contributed by atoms with E-state index in [1.165, 1.54) is 11.1 Å². The Morgan fingerprint density at radius 2 is 1.90 bits per heavy atom. The summed E-state index contributed by atoms with van der Waals surface area (Å²) < 4.78 is 5.81. The Labute approximate surface area is 129 Å². The molecule has 2 nitrogen and oxygen atoms in total. The molecular formula is C18H18ClNO. The van der Waals surface area contributed by atoms with E-state index in [2.05, 4.69) is 31.2 Å². The molecule has 3 rings (SSSR count). The monoisotopic (exact) mass is 299 g/mol. The number of halogens is 1. The average molecular weight is 300 g/mol. The van der Waals surface area contributed by atoms with Gasteiger partial charge in [-0.15, -0.1) is 0 Å². The van der Waals surface area contributed by atoms with Crippen LogP contribution >= 0.6 is 11.6 Å². The normalized spacial score (nSPS) is 12.7. The number of para-hydroxylation sites is 1. The molecule has 0 spiro atoms. The molecule has 0 radical (unpaired) electrons. The molecule has 21 heavy (non-hydrogen) atoms. The fourth-order valence-electron chi connectivity index (χ4n) is 2.45. The number of rotatable bonds is 4. The Bertz CT molecular complexity index is 746. The molecule has 0 bridgehead atoms. The second-order valence-electron chi connectivity index (χ2n) is 5.44. The maximum absolute atomic E-state index is 6.25. The van der Waals surface area contributed by atoms with E-state index in [-0.39, 0.29) is 6.04 Å². The lowest BCUT2D eigenvalue weighted by atomic mass is 10.0. The fourth-order valence-corrected chi connectivity index (χ4v) is 2.67. The fraction of sp³-hybridized carbons (Fsp3) is 0.222. The van der Waals surface area contributed by atoms with Crippen molar-refractivity contribution in [2.24, 2.45) is 5.73 Å². The van der Waals surface area contributed by atoms with Gasteiger partial charge in [-0.1, -0.05) is 53.6 Å². The number of hydrogen-bond donors (Lipinski definition) is 1. The zero-order chi connectivity index (χ0) is 14.8. The first-order chi connectivity index (χ1) is 10.1. The number of furan rings is 1. The summed E-state index contributed by atoms with van der Waals surface area (Å²) in [5.74, 6) is 0.796. The van der Waals surface area contributed by atoms with Crippen molar-refractivity contribution in [2.45, 2.75) is 25.8 Å². The molecule has 0 aliphatic rings.